The van der Waals surface area contributed by atoms with Crippen molar-refractivity contribution in [2.45, 2.75) is 51.6 Å². The van der Waals surface area contributed by atoms with Crippen molar-refractivity contribution < 1.29 is 9.84 Å². The van der Waals surface area contributed by atoms with Gasteiger partial charge in [-0.05, 0) is 25.5 Å². The number of hydrogen-bond donors (Lipinski definition) is 1. The Hall–Kier alpha value is -2.02. The second kappa shape index (κ2) is 7.90. The van der Waals surface area contributed by atoms with Gasteiger partial charge < -0.3 is 9.84 Å². The average Bonchev–Trinajstić information content (AvgIpc) is 2.60. The van der Waals surface area contributed by atoms with Crippen molar-refractivity contribution in [1.82, 2.24) is 0 Å². The molecule has 1 N–H and O–H groups in total. The average molecular weight is 353 g/mol. The van der Waals surface area contributed by atoms with Gasteiger partial charge in [0.15, 0.2) is 5.60 Å². The van der Waals surface area contributed by atoms with E-state index in [1.165, 1.54) is 0 Å². The summed E-state index contributed by atoms with van der Waals surface area (Å²) in [6.45, 7) is 10.7. The van der Waals surface area contributed by atoms with E-state index in [4.69, 9.17) is 4.74 Å². The van der Waals surface area contributed by atoms with Crippen molar-refractivity contribution in [3.8, 4) is 17.2 Å². The monoisotopic (exact) mass is 352 g/mol. The first-order chi connectivity index (χ1) is 11.7. The van der Waals surface area contributed by atoms with Crippen LogP contribution in [-0.4, -0.2) is 19.3 Å². The molecule has 132 valence electrons. The van der Waals surface area contributed by atoms with E-state index >= 15 is 0 Å². The van der Waals surface area contributed by atoms with Crippen molar-refractivity contribution in [1.29, 1.82) is 0 Å². The molecule has 0 bridgehead atoms. The first-order valence-electron chi connectivity index (χ1n) is 8.84. The molecule has 2 aromatic carbocycles. The molecule has 0 radical (unpaired) electrons. The maximum atomic E-state index is 11.4. The zero-order valence-corrected chi connectivity index (χ0v) is 16.8. The summed E-state index contributed by atoms with van der Waals surface area (Å²) < 4.78 is 5.84. The Morgan fingerprint density at radius 1 is 1.00 bits per heavy atom. The third kappa shape index (κ3) is 5.22. The summed E-state index contributed by atoms with van der Waals surface area (Å²) in [6.07, 6.45) is 1.13. The van der Waals surface area contributed by atoms with Gasteiger partial charge in [-0.25, -0.2) is 0 Å². The molecule has 2 rings (SSSR count). The highest BCUT2D eigenvalue weighted by Gasteiger charge is 2.30. The van der Waals surface area contributed by atoms with Crippen LogP contribution < -0.4 is 4.74 Å². The zero-order valence-electron chi connectivity index (χ0n) is 15.8. The lowest BCUT2D eigenvalue weighted by Gasteiger charge is -2.25. The molecule has 0 saturated carbocycles. The Morgan fingerprint density at radius 2 is 1.56 bits per heavy atom. The normalized spacial score (nSPS) is 14.8. The molecule has 2 atom stereocenters. The summed E-state index contributed by atoms with van der Waals surface area (Å²) in [6, 6.07) is 17.3. The molecule has 0 aliphatic carbocycles. The fourth-order valence-corrected chi connectivity index (χ4v) is 2.91. The highest BCUT2D eigenvalue weighted by Crippen LogP contribution is 2.30. The molecule has 2 aromatic rings. The van der Waals surface area contributed by atoms with Crippen molar-refractivity contribution in [2.24, 2.45) is 0 Å². The van der Waals surface area contributed by atoms with E-state index in [1.807, 2.05) is 61.5 Å². The fourth-order valence-electron chi connectivity index (χ4n) is 2.36. The molecular formula is C22H28O2Si. The summed E-state index contributed by atoms with van der Waals surface area (Å²) in [5, 5.41) is 11.4. The molecule has 0 heterocycles. The van der Waals surface area contributed by atoms with Gasteiger partial charge in [0.2, 0.25) is 0 Å². The Morgan fingerprint density at radius 3 is 2.08 bits per heavy atom. The quantitative estimate of drug-likeness (QED) is 0.607. The van der Waals surface area contributed by atoms with Crippen LogP contribution in [-0.2, 0) is 5.60 Å². The largest absolute Gasteiger partial charge is 0.491 e. The second-order valence-electron chi connectivity index (χ2n) is 7.44. The van der Waals surface area contributed by atoms with Crippen LogP contribution in [0.1, 0.15) is 31.4 Å². The molecule has 0 aliphatic heterocycles. The molecule has 0 amide bonds. The molecule has 0 aliphatic rings. The Kier molecular flexibility index (Phi) is 6.10. The summed E-state index contributed by atoms with van der Waals surface area (Å²) in [5.74, 6) is 3.98. The number of rotatable bonds is 5. The van der Waals surface area contributed by atoms with Crippen LogP contribution in [0.15, 0.2) is 54.6 Å². The minimum absolute atomic E-state index is 0.172. The van der Waals surface area contributed by atoms with E-state index in [-0.39, 0.29) is 6.10 Å². The van der Waals surface area contributed by atoms with Gasteiger partial charge in [-0.1, -0.05) is 74.9 Å². The summed E-state index contributed by atoms with van der Waals surface area (Å²) in [4.78, 5) is 0. The molecule has 2 nitrogen and oxygen atoms in total. The second-order valence-corrected chi connectivity index (χ2v) is 12.2. The van der Waals surface area contributed by atoms with Crippen LogP contribution in [0, 0.1) is 11.5 Å². The molecule has 0 saturated heterocycles. The molecule has 2 unspecified atom stereocenters. The lowest BCUT2D eigenvalue weighted by Crippen LogP contribution is -2.27. The van der Waals surface area contributed by atoms with E-state index in [0.717, 1.165) is 23.3 Å². The van der Waals surface area contributed by atoms with Gasteiger partial charge in [0.25, 0.3) is 0 Å². The van der Waals surface area contributed by atoms with E-state index in [9.17, 15) is 5.11 Å². The van der Waals surface area contributed by atoms with Crippen LogP contribution in [0.25, 0.3) is 0 Å². The summed E-state index contributed by atoms with van der Waals surface area (Å²) in [5.41, 5.74) is 3.57. The molecular weight excluding hydrogens is 324 g/mol. The lowest BCUT2D eigenvalue weighted by molar-refractivity contribution is 0.145. The van der Waals surface area contributed by atoms with Gasteiger partial charge >= 0.3 is 0 Å². The maximum absolute atomic E-state index is 11.4. The van der Waals surface area contributed by atoms with E-state index in [2.05, 4.69) is 38.0 Å². The highest BCUT2D eigenvalue weighted by molar-refractivity contribution is 6.83. The maximum Gasteiger partial charge on any atom is 0.176 e. The zero-order chi connectivity index (χ0) is 18.5. The Labute approximate surface area is 152 Å². The molecule has 25 heavy (non-hydrogen) atoms. The van der Waals surface area contributed by atoms with Crippen molar-refractivity contribution in [2.75, 3.05) is 0 Å². The van der Waals surface area contributed by atoms with Crippen LogP contribution in [0.3, 0.4) is 0 Å². The predicted octanol–water partition coefficient (Wildman–Crippen LogP) is 4.98. The SMILES string of the molecule is CCC(C)Oc1ccc(C(O)(C#C[Si](C)(C)C)c2ccccc2)cc1. The molecule has 0 spiro atoms. The van der Waals surface area contributed by atoms with Gasteiger partial charge in [-0.3, -0.25) is 0 Å². The van der Waals surface area contributed by atoms with Crippen LogP contribution >= 0.6 is 0 Å². The van der Waals surface area contributed by atoms with E-state index in [0.29, 0.717) is 0 Å². The van der Waals surface area contributed by atoms with Gasteiger partial charge in [0.05, 0.1) is 6.10 Å². The van der Waals surface area contributed by atoms with Gasteiger partial charge in [0.1, 0.15) is 13.8 Å². The fraction of sp³-hybridized carbons (Fsp3) is 0.364. The molecule has 3 heteroatoms. The first kappa shape index (κ1) is 19.3. The molecule has 0 aromatic heterocycles. The van der Waals surface area contributed by atoms with Crippen LogP contribution in [0.5, 0.6) is 5.75 Å². The third-order valence-electron chi connectivity index (χ3n) is 3.99. The Bertz CT molecular complexity index is 736. The Balaban J connectivity index is 2.44. The van der Waals surface area contributed by atoms with Crippen molar-refractivity contribution >= 4 is 8.07 Å². The number of benzene rings is 2. The van der Waals surface area contributed by atoms with Gasteiger partial charge in [0, 0.05) is 11.1 Å². The van der Waals surface area contributed by atoms with Crippen LogP contribution in [0.4, 0.5) is 0 Å². The minimum Gasteiger partial charge on any atom is -0.491 e. The van der Waals surface area contributed by atoms with Crippen molar-refractivity contribution in [3.63, 3.8) is 0 Å². The van der Waals surface area contributed by atoms with Crippen molar-refractivity contribution in [3.05, 3.63) is 65.7 Å². The van der Waals surface area contributed by atoms with E-state index in [1.54, 1.807) is 0 Å². The van der Waals surface area contributed by atoms with E-state index < -0.39 is 13.7 Å². The first-order valence-corrected chi connectivity index (χ1v) is 12.3. The van der Waals surface area contributed by atoms with Crippen LogP contribution in [0.2, 0.25) is 19.6 Å². The predicted molar refractivity (Wildman–Crippen MR) is 107 cm³/mol. The lowest BCUT2D eigenvalue weighted by atomic mass is 9.87. The standard InChI is InChI=1S/C22H28O2Si/c1-6-18(2)24-21-14-12-20(13-15-21)22(23,16-17-25(3,4)5)19-10-8-7-9-11-19/h7-15,18,23H,6H2,1-5H3. The number of hydrogen-bond acceptors (Lipinski definition) is 2. The number of aliphatic hydroxyl groups is 1. The van der Waals surface area contributed by atoms with Gasteiger partial charge in [-0.15, -0.1) is 5.54 Å². The highest BCUT2D eigenvalue weighted by atomic mass is 28.3. The third-order valence-corrected chi connectivity index (χ3v) is 4.87. The minimum atomic E-state index is -1.62. The van der Waals surface area contributed by atoms with Gasteiger partial charge in [-0.2, -0.15) is 0 Å². The number of ether oxygens (including phenoxy) is 1. The molecule has 0 fully saturated rings. The summed E-state index contributed by atoms with van der Waals surface area (Å²) >= 11 is 0. The topological polar surface area (TPSA) is 29.5 Å². The smallest absolute Gasteiger partial charge is 0.176 e. The summed E-state index contributed by atoms with van der Waals surface area (Å²) in [7, 11) is -1.62.